The Labute approximate surface area is 84.4 Å². The van der Waals surface area contributed by atoms with E-state index in [4.69, 9.17) is 18.4 Å². The minimum absolute atomic E-state index is 0.208. The lowest BCUT2D eigenvalue weighted by atomic mass is 10.3. The van der Waals surface area contributed by atoms with E-state index in [1.165, 1.54) is 0 Å². The SMILES string of the molecule is CO[Si](OC)(OC)c1ccc(O)cc1. The first kappa shape index (κ1) is 11.2. The Bertz CT molecular complexity index is 273. The Balaban J connectivity index is 3.05. The third-order valence-corrected chi connectivity index (χ3v) is 4.68. The number of phenolic OH excluding ortho intramolecular Hbond substituents is 1. The van der Waals surface area contributed by atoms with Gasteiger partial charge in [0.25, 0.3) is 0 Å². The fraction of sp³-hybridized carbons (Fsp3) is 0.333. The Morgan fingerprint density at radius 1 is 0.929 bits per heavy atom. The molecule has 14 heavy (non-hydrogen) atoms. The maximum atomic E-state index is 9.13. The molecule has 0 atom stereocenters. The molecule has 0 amide bonds. The Morgan fingerprint density at radius 2 is 1.36 bits per heavy atom. The van der Waals surface area contributed by atoms with Gasteiger partial charge in [0.15, 0.2) is 0 Å². The summed E-state index contributed by atoms with van der Waals surface area (Å²) in [4.78, 5) is 0. The quantitative estimate of drug-likeness (QED) is 0.740. The third kappa shape index (κ3) is 1.96. The van der Waals surface area contributed by atoms with Gasteiger partial charge in [-0.1, -0.05) is 12.1 Å². The van der Waals surface area contributed by atoms with E-state index in [2.05, 4.69) is 0 Å². The van der Waals surface area contributed by atoms with Crippen LogP contribution in [-0.2, 0) is 13.3 Å². The first-order chi connectivity index (χ1) is 6.68. The highest BCUT2D eigenvalue weighted by Gasteiger charge is 2.40. The molecule has 0 heterocycles. The van der Waals surface area contributed by atoms with E-state index < -0.39 is 8.80 Å². The zero-order chi connectivity index (χ0) is 10.6. The van der Waals surface area contributed by atoms with Gasteiger partial charge >= 0.3 is 8.80 Å². The molecule has 0 aliphatic heterocycles. The maximum absolute atomic E-state index is 9.13. The first-order valence-electron chi connectivity index (χ1n) is 4.13. The summed E-state index contributed by atoms with van der Waals surface area (Å²) in [7, 11) is 1.92. The van der Waals surface area contributed by atoms with Crippen molar-refractivity contribution < 1.29 is 18.4 Å². The molecule has 1 N–H and O–H groups in total. The van der Waals surface area contributed by atoms with Gasteiger partial charge in [-0.25, -0.2) is 0 Å². The second-order valence-electron chi connectivity index (χ2n) is 2.72. The van der Waals surface area contributed by atoms with Gasteiger partial charge in [-0.3, -0.25) is 0 Å². The predicted molar refractivity (Wildman–Crippen MR) is 54.5 cm³/mol. The summed E-state index contributed by atoms with van der Waals surface area (Å²) in [5, 5.41) is 9.96. The second-order valence-corrected chi connectivity index (χ2v) is 5.63. The highest BCUT2D eigenvalue weighted by molar-refractivity contribution is 6.75. The molecule has 0 fully saturated rings. The van der Waals surface area contributed by atoms with Gasteiger partial charge in [0, 0.05) is 26.5 Å². The summed E-state index contributed by atoms with van der Waals surface area (Å²) in [6, 6.07) is 6.62. The standard InChI is InChI=1S/C9H14O4Si/c1-11-14(12-2,13-3)9-6-4-8(10)5-7-9/h4-7,10H,1-3H3. The number of phenols is 1. The number of hydrogen-bond donors (Lipinski definition) is 1. The average Bonchev–Trinajstić information content (AvgIpc) is 2.24. The lowest BCUT2D eigenvalue weighted by Gasteiger charge is -2.24. The largest absolute Gasteiger partial charge is 0.536 e. The number of rotatable bonds is 4. The van der Waals surface area contributed by atoms with Crippen LogP contribution in [0.3, 0.4) is 0 Å². The molecule has 0 aromatic heterocycles. The van der Waals surface area contributed by atoms with E-state index in [0.29, 0.717) is 0 Å². The van der Waals surface area contributed by atoms with Gasteiger partial charge in [0.05, 0.1) is 0 Å². The predicted octanol–water partition coefficient (Wildman–Crippen LogP) is 0.477. The van der Waals surface area contributed by atoms with Crippen LogP contribution in [0.1, 0.15) is 0 Å². The smallest absolute Gasteiger partial charge is 0.508 e. The van der Waals surface area contributed by atoms with Gasteiger partial charge in [-0.05, 0) is 12.1 Å². The fourth-order valence-electron chi connectivity index (χ4n) is 1.27. The van der Waals surface area contributed by atoms with E-state index in [-0.39, 0.29) is 5.75 Å². The molecule has 0 spiro atoms. The molecule has 1 rings (SSSR count). The third-order valence-electron chi connectivity index (χ3n) is 2.03. The van der Waals surface area contributed by atoms with Crippen molar-refractivity contribution in [2.75, 3.05) is 21.3 Å². The van der Waals surface area contributed by atoms with Gasteiger partial charge in [-0.2, -0.15) is 0 Å². The van der Waals surface area contributed by atoms with Crippen LogP contribution in [0.4, 0.5) is 0 Å². The molecule has 0 aliphatic rings. The van der Waals surface area contributed by atoms with Crippen molar-refractivity contribution in [2.45, 2.75) is 0 Å². The second kappa shape index (κ2) is 4.56. The fourth-order valence-corrected chi connectivity index (χ4v) is 3.05. The summed E-state index contributed by atoms with van der Waals surface area (Å²) in [6.45, 7) is 0. The molecule has 78 valence electrons. The summed E-state index contributed by atoms with van der Waals surface area (Å²) < 4.78 is 15.8. The Morgan fingerprint density at radius 3 is 1.71 bits per heavy atom. The number of hydrogen-bond acceptors (Lipinski definition) is 4. The van der Waals surface area contributed by atoms with Gasteiger partial charge in [0.1, 0.15) is 5.75 Å². The average molecular weight is 214 g/mol. The molecule has 0 saturated heterocycles. The lowest BCUT2D eigenvalue weighted by Crippen LogP contribution is -2.54. The summed E-state index contributed by atoms with van der Waals surface area (Å²) in [6.07, 6.45) is 0. The van der Waals surface area contributed by atoms with E-state index in [0.717, 1.165) is 5.19 Å². The van der Waals surface area contributed by atoms with E-state index in [1.807, 2.05) is 0 Å². The molecule has 1 aromatic rings. The number of benzene rings is 1. The van der Waals surface area contributed by atoms with Crippen molar-refractivity contribution in [1.82, 2.24) is 0 Å². The van der Waals surface area contributed by atoms with Crippen molar-refractivity contribution in [3.8, 4) is 5.75 Å². The summed E-state index contributed by atoms with van der Waals surface area (Å²) in [5.74, 6) is 0.208. The van der Waals surface area contributed by atoms with Crippen LogP contribution in [0.15, 0.2) is 24.3 Å². The molecule has 0 aliphatic carbocycles. The van der Waals surface area contributed by atoms with Gasteiger partial charge < -0.3 is 18.4 Å². The van der Waals surface area contributed by atoms with Crippen LogP contribution in [0.25, 0.3) is 0 Å². The van der Waals surface area contributed by atoms with Crippen LogP contribution >= 0.6 is 0 Å². The van der Waals surface area contributed by atoms with Crippen LogP contribution < -0.4 is 5.19 Å². The van der Waals surface area contributed by atoms with Gasteiger partial charge in [-0.15, -0.1) is 0 Å². The highest BCUT2D eigenvalue weighted by atomic mass is 28.4. The molecule has 1 aromatic carbocycles. The van der Waals surface area contributed by atoms with Crippen LogP contribution in [0, 0.1) is 0 Å². The highest BCUT2D eigenvalue weighted by Crippen LogP contribution is 2.10. The topological polar surface area (TPSA) is 47.9 Å². The minimum Gasteiger partial charge on any atom is -0.508 e. The first-order valence-corrected chi connectivity index (χ1v) is 5.86. The summed E-state index contributed by atoms with van der Waals surface area (Å²) in [5.41, 5.74) is 0. The van der Waals surface area contributed by atoms with Crippen molar-refractivity contribution in [3.05, 3.63) is 24.3 Å². The molecule has 4 nitrogen and oxygen atoms in total. The van der Waals surface area contributed by atoms with Crippen LogP contribution in [0.2, 0.25) is 0 Å². The van der Waals surface area contributed by atoms with E-state index in [1.54, 1.807) is 45.6 Å². The number of aromatic hydroxyl groups is 1. The zero-order valence-electron chi connectivity index (χ0n) is 8.48. The molecule has 5 heteroatoms. The minimum atomic E-state index is -2.73. The van der Waals surface area contributed by atoms with Crippen LogP contribution in [-0.4, -0.2) is 35.2 Å². The summed E-state index contributed by atoms with van der Waals surface area (Å²) >= 11 is 0. The maximum Gasteiger partial charge on any atom is 0.536 e. The van der Waals surface area contributed by atoms with E-state index in [9.17, 15) is 0 Å². The van der Waals surface area contributed by atoms with Crippen molar-refractivity contribution in [2.24, 2.45) is 0 Å². The Kier molecular flexibility index (Phi) is 3.65. The van der Waals surface area contributed by atoms with Crippen molar-refractivity contribution >= 4 is 14.0 Å². The van der Waals surface area contributed by atoms with Gasteiger partial charge in [0.2, 0.25) is 0 Å². The van der Waals surface area contributed by atoms with Crippen molar-refractivity contribution in [1.29, 1.82) is 0 Å². The molecular weight excluding hydrogens is 200 g/mol. The van der Waals surface area contributed by atoms with Crippen molar-refractivity contribution in [3.63, 3.8) is 0 Å². The molecule has 0 saturated carbocycles. The van der Waals surface area contributed by atoms with E-state index >= 15 is 0 Å². The Hall–Kier alpha value is -0.883. The molecular formula is C9H14O4Si. The zero-order valence-corrected chi connectivity index (χ0v) is 9.48. The normalized spacial score (nSPS) is 11.6. The monoisotopic (exact) mass is 214 g/mol. The van der Waals surface area contributed by atoms with Crippen LogP contribution in [0.5, 0.6) is 5.75 Å². The molecule has 0 bridgehead atoms. The molecule has 0 radical (unpaired) electrons. The lowest BCUT2D eigenvalue weighted by molar-refractivity contribution is 0.140. The molecule has 0 unspecified atom stereocenters.